The van der Waals surface area contributed by atoms with Crippen molar-refractivity contribution in [1.82, 2.24) is 4.90 Å². The van der Waals surface area contributed by atoms with Crippen LogP contribution in [-0.4, -0.2) is 55.9 Å². The van der Waals surface area contributed by atoms with Crippen molar-refractivity contribution in [3.8, 4) is 5.75 Å². The van der Waals surface area contributed by atoms with Crippen molar-refractivity contribution < 1.29 is 19.4 Å². The summed E-state index contributed by atoms with van der Waals surface area (Å²) in [6.45, 7) is 4.19. The van der Waals surface area contributed by atoms with Crippen LogP contribution in [0.4, 0.5) is 0 Å². The topological polar surface area (TPSA) is 59.0 Å². The number of carbonyl (C=O) groups excluding carboxylic acids is 1. The van der Waals surface area contributed by atoms with E-state index in [9.17, 15) is 9.90 Å². The van der Waals surface area contributed by atoms with Crippen molar-refractivity contribution in [1.29, 1.82) is 0 Å². The molecule has 5 nitrogen and oxygen atoms in total. The lowest BCUT2D eigenvalue weighted by molar-refractivity contribution is -0.138. The van der Waals surface area contributed by atoms with Crippen LogP contribution in [0.5, 0.6) is 5.75 Å². The lowest BCUT2D eigenvalue weighted by atomic mass is 9.77. The lowest BCUT2D eigenvalue weighted by Crippen LogP contribution is -2.49. The zero-order chi connectivity index (χ0) is 17.4. The number of aliphatic hydroxyl groups excluding tert-OH is 1. The Hall–Kier alpha value is -1.59. The molecule has 1 heterocycles. The van der Waals surface area contributed by atoms with E-state index in [1.165, 1.54) is 0 Å². The molecule has 0 aliphatic carbocycles. The molecule has 5 heteroatoms. The molecule has 0 saturated carbocycles. The predicted octanol–water partition coefficient (Wildman–Crippen LogP) is 2.40. The number of methoxy groups -OCH3 is 1. The summed E-state index contributed by atoms with van der Waals surface area (Å²) in [5.74, 6) is 0.694. The Labute approximate surface area is 144 Å². The van der Waals surface area contributed by atoms with Gasteiger partial charge in [0.05, 0.1) is 6.61 Å². The molecule has 1 amide bonds. The molecule has 1 atom stereocenters. The van der Waals surface area contributed by atoms with Crippen molar-refractivity contribution in [2.45, 2.75) is 32.6 Å². The number of aliphatic hydroxyl groups is 1. The largest absolute Gasteiger partial charge is 0.484 e. The number of aryl methyl sites for hydroxylation is 1. The summed E-state index contributed by atoms with van der Waals surface area (Å²) in [6, 6.07) is 7.68. The van der Waals surface area contributed by atoms with Gasteiger partial charge in [0, 0.05) is 32.2 Å². The second-order valence-corrected chi connectivity index (χ2v) is 6.78. The van der Waals surface area contributed by atoms with E-state index < -0.39 is 0 Å². The fourth-order valence-corrected chi connectivity index (χ4v) is 3.30. The number of hydrogen-bond acceptors (Lipinski definition) is 4. The Morgan fingerprint density at radius 2 is 2.08 bits per heavy atom. The smallest absolute Gasteiger partial charge is 0.260 e. The van der Waals surface area contributed by atoms with Crippen molar-refractivity contribution >= 4 is 5.91 Å². The highest BCUT2D eigenvalue weighted by atomic mass is 16.5. The van der Waals surface area contributed by atoms with E-state index in [4.69, 9.17) is 9.47 Å². The van der Waals surface area contributed by atoms with Crippen LogP contribution in [0.25, 0.3) is 0 Å². The molecule has 2 rings (SSSR count). The van der Waals surface area contributed by atoms with Crippen LogP contribution in [0.15, 0.2) is 24.3 Å². The average molecular weight is 335 g/mol. The molecule has 1 fully saturated rings. The number of amides is 1. The Bertz CT molecular complexity index is 517. The van der Waals surface area contributed by atoms with Gasteiger partial charge in [0.2, 0.25) is 0 Å². The van der Waals surface area contributed by atoms with E-state index in [1.807, 2.05) is 36.1 Å². The van der Waals surface area contributed by atoms with E-state index >= 15 is 0 Å². The first-order valence-electron chi connectivity index (χ1n) is 8.66. The molecule has 0 spiro atoms. The molecule has 134 valence electrons. The second kappa shape index (κ2) is 9.04. The maximum atomic E-state index is 12.5. The fourth-order valence-electron chi connectivity index (χ4n) is 3.30. The molecule has 0 unspecified atom stereocenters. The number of ether oxygens (including phenoxy) is 2. The first-order valence-corrected chi connectivity index (χ1v) is 8.66. The molecule has 0 bridgehead atoms. The van der Waals surface area contributed by atoms with Gasteiger partial charge in [0.15, 0.2) is 6.61 Å². The molecule has 1 aliphatic rings. The second-order valence-electron chi connectivity index (χ2n) is 6.78. The number of nitrogens with zero attached hydrogens (tertiary/aromatic N) is 1. The number of hydrogen-bond donors (Lipinski definition) is 1. The summed E-state index contributed by atoms with van der Waals surface area (Å²) >= 11 is 0. The lowest BCUT2D eigenvalue weighted by Gasteiger charge is -2.42. The molecule has 1 aliphatic heterocycles. The van der Waals surface area contributed by atoms with Crippen LogP contribution in [-0.2, 0) is 9.53 Å². The minimum absolute atomic E-state index is 0.0140. The fraction of sp³-hybridized carbons (Fsp3) is 0.632. The highest BCUT2D eigenvalue weighted by molar-refractivity contribution is 5.78. The van der Waals surface area contributed by atoms with E-state index in [1.54, 1.807) is 7.11 Å². The SMILES string of the molecule is COCCC[C@]1(CO)CCCN(C(=O)COc2ccc(C)cc2)C1. The van der Waals surface area contributed by atoms with Gasteiger partial charge in [-0.1, -0.05) is 17.7 Å². The zero-order valence-electron chi connectivity index (χ0n) is 14.8. The summed E-state index contributed by atoms with van der Waals surface area (Å²) in [4.78, 5) is 14.3. The molecule has 1 aromatic rings. The summed E-state index contributed by atoms with van der Waals surface area (Å²) in [7, 11) is 1.69. The molecule has 0 radical (unpaired) electrons. The summed E-state index contributed by atoms with van der Waals surface area (Å²) in [6.07, 6.45) is 3.65. The van der Waals surface area contributed by atoms with Gasteiger partial charge in [0.25, 0.3) is 5.91 Å². The van der Waals surface area contributed by atoms with Gasteiger partial charge in [-0.05, 0) is 44.7 Å². The van der Waals surface area contributed by atoms with Crippen molar-refractivity contribution in [2.24, 2.45) is 5.41 Å². The van der Waals surface area contributed by atoms with E-state index in [0.717, 1.165) is 37.8 Å². The van der Waals surface area contributed by atoms with Gasteiger partial charge in [-0.25, -0.2) is 0 Å². The minimum atomic E-state index is -0.198. The standard InChI is InChI=1S/C19H29NO4/c1-16-5-7-17(8-6-16)24-13-18(22)20-11-3-9-19(14-20,15-21)10-4-12-23-2/h5-8,21H,3-4,9-15H2,1-2H3/t19-/m1/s1. The van der Waals surface area contributed by atoms with Crippen LogP contribution >= 0.6 is 0 Å². The number of likely N-dealkylation sites (tertiary alicyclic amines) is 1. The van der Waals surface area contributed by atoms with Gasteiger partial charge in [-0.15, -0.1) is 0 Å². The molecular weight excluding hydrogens is 306 g/mol. The quantitative estimate of drug-likeness (QED) is 0.741. The number of benzene rings is 1. The van der Waals surface area contributed by atoms with Gasteiger partial charge in [-0.2, -0.15) is 0 Å². The maximum Gasteiger partial charge on any atom is 0.260 e. The van der Waals surface area contributed by atoms with Gasteiger partial charge in [0.1, 0.15) is 5.75 Å². The molecule has 0 aromatic heterocycles. The Kier molecular flexibility index (Phi) is 7.06. The van der Waals surface area contributed by atoms with Gasteiger partial charge >= 0.3 is 0 Å². The third-order valence-electron chi connectivity index (χ3n) is 4.79. The van der Waals surface area contributed by atoms with Crippen LogP contribution in [0.2, 0.25) is 0 Å². The third-order valence-corrected chi connectivity index (χ3v) is 4.79. The number of piperidine rings is 1. The van der Waals surface area contributed by atoms with Crippen molar-refractivity contribution in [3.63, 3.8) is 0 Å². The van der Waals surface area contributed by atoms with Crippen molar-refractivity contribution in [3.05, 3.63) is 29.8 Å². The minimum Gasteiger partial charge on any atom is -0.484 e. The third kappa shape index (κ3) is 5.21. The Morgan fingerprint density at radius 3 is 2.75 bits per heavy atom. The molecular formula is C19H29NO4. The first-order chi connectivity index (χ1) is 11.6. The molecule has 1 aromatic carbocycles. The average Bonchev–Trinajstić information content (AvgIpc) is 2.61. The van der Waals surface area contributed by atoms with E-state index in [-0.39, 0.29) is 24.5 Å². The van der Waals surface area contributed by atoms with Crippen LogP contribution in [0.1, 0.15) is 31.2 Å². The zero-order valence-corrected chi connectivity index (χ0v) is 14.8. The Balaban J connectivity index is 1.87. The molecule has 1 N–H and O–H groups in total. The van der Waals surface area contributed by atoms with Crippen LogP contribution in [0, 0.1) is 12.3 Å². The van der Waals surface area contributed by atoms with E-state index in [2.05, 4.69) is 0 Å². The summed E-state index contributed by atoms with van der Waals surface area (Å²) < 4.78 is 10.7. The summed E-state index contributed by atoms with van der Waals surface area (Å²) in [5.41, 5.74) is 0.963. The monoisotopic (exact) mass is 335 g/mol. The van der Waals surface area contributed by atoms with Crippen LogP contribution < -0.4 is 4.74 Å². The van der Waals surface area contributed by atoms with Crippen molar-refractivity contribution in [2.75, 3.05) is 40.0 Å². The molecule has 1 saturated heterocycles. The maximum absolute atomic E-state index is 12.5. The van der Waals surface area contributed by atoms with Gasteiger partial charge < -0.3 is 19.5 Å². The van der Waals surface area contributed by atoms with Gasteiger partial charge in [-0.3, -0.25) is 4.79 Å². The predicted molar refractivity (Wildman–Crippen MR) is 93.1 cm³/mol. The summed E-state index contributed by atoms with van der Waals surface area (Å²) in [5, 5.41) is 9.86. The highest BCUT2D eigenvalue weighted by Gasteiger charge is 2.36. The van der Waals surface area contributed by atoms with E-state index in [0.29, 0.717) is 18.9 Å². The number of carbonyl (C=O) groups is 1. The van der Waals surface area contributed by atoms with Crippen LogP contribution in [0.3, 0.4) is 0 Å². The molecule has 24 heavy (non-hydrogen) atoms. The first kappa shape index (κ1) is 18.7. The number of rotatable bonds is 8. The Morgan fingerprint density at radius 1 is 1.33 bits per heavy atom. The highest BCUT2D eigenvalue weighted by Crippen LogP contribution is 2.34. The normalized spacial score (nSPS) is 20.9.